The average Bonchev–Trinajstić information content (AvgIpc) is 3.03. The highest BCUT2D eigenvalue weighted by molar-refractivity contribution is 7.10. The van der Waals surface area contributed by atoms with Crippen molar-refractivity contribution >= 4 is 23.3 Å². The van der Waals surface area contributed by atoms with Gasteiger partial charge in [-0.25, -0.2) is 9.59 Å². The maximum absolute atomic E-state index is 12.5. The van der Waals surface area contributed by atoms with Gasteiger partial charge in [-0.1, -0.05) is 6.07 Å². The van der Waals surface area contributed by atoms with Gasteiger partial charge in [0.15, 0.2) is 6.04 Å². The summed E-state index contributed by atoms with van der Waals surface area (Å²) in [6.45, 7) is 0. The Morgan fingerprint density at radius 1 is 1.33 bits per heavy atom. The Bertz CT molecular complexity index is 519. The van der Waals surface area contributed by atoms with Crippen LogP contribution in [0.15, 0.2) is 17.5 Å². The first kappa shape index (κ1) is 14.3. The van der Waals surface area contributed by atoms with E-state index in [2.05, 4.69) is 5.32 Å². The first-order valence-electron chi connectivity index (χ1n) is 7.09. The molecular formula is C14H18N2O4S. The van der Waals surface area contributed by atoms with E-state index in [9.17, 15) is 19.8 Å². The minimum atomic E-state index is -1.06. The average molecular weight is 310 g/mol. The number of aliphatic carboxylic acids is 1. The molecule has 2 fully saturated rings. The van der Waals surface area contributed by atoms with Gasteiger partial charge in [-0.15, -0.1) is 11.3 Å². The second-order valence-corrected chi connectivity index (χ2v) is 6.63. The normalized spacial score (nSPS) is 29.2. The Morgan fingerprint density at radius 2 is 2.00 bits per heavy atom. The van der Waals surface area contributed by atoms with Crippen LogP contribution in [-0.2, 0) is 4.79 Å². The van der Waals surface area contributed by atoms with E-state index >= 15 is 0 Å². The number of carboxylic acids is 1. The van der Waals surface area contributed by atoms with Crippen molar-refractivity contribution < 1.29 is 19.8 Å². The highest BCUT2D eigenvalue weighted by Crippen LogP contribution is 2.36. The maximum Gasteiger partial charge on any atom is 0.331 e. The summed E-state index contributed by atoms with van der Waals surface area (Å²) in [6.07, 6.45) is 2.58. The van der Waals surface area contributed by atoms with E-state index < -0.39 is 12.0 Å². The van der Waals surface area contributed by atoms with Crippen molar-refractivity contribution in [3.63, 3.8) is 0 Å². The lowest BCUT2D eigenvalue weighted by Gasteiger charge is -2.37. The van der Waals surface area contributed by atoms with Gasteiger partial charge in [0.05, 0.1) is 6.10 Å². The molecule has 3 rings (SSSR count). The third kappa shape index (κ3) is 2.75. The second kappa shape index (κ2) is 5.65. The molecule has 0 spiro atoms. The van der Waals surface area contributed by atoms with Gasteiger partial charge in [0, 0.05) is 17.0 Å². The van der Waals surface area contributed by atoms with Crippen LogP contribution in [0.25, 0.3) is 0 Å². The van der Waals surface area contributed by atoms with Crippen LogP contribution in [0.5, 0.6) is 0 Å². The predicted molar refractivity (Wildman–Crippen MR) is 77.1 cm³/mol. The van der Waals surface area contributed by atoms with Gasteiger partial charge in [-0.3, -0.25) is 0 Å². The lowest BCUT2D eigenvalue weighted by atomic mass is 10.0. The molecular weight excluding hydrogens is 292 g/mol. The maximum atomic E-state index is 12.5. The van der Waals surface area contributed by atoms with Crippen LogP contribution in [0.1, 0.15) is 36.6 Å². The highest BCUT2D eigenvalue weighted by Gasteiger charge is 2.43. The van der Waals surface area contributed by atoms with Gasteiger partial charge in [0.1, 0.15) is 0 Å². The summed E-state index contributed by atoms with van der Waals surface area (Å²) in [7, 11) is 0. The Kier molecular flexibility index (Phi) is 3.86. The van der Waals surface area contributed by atoms with Gasteiger partial charge in [0.2, 0.25) is 0 Å². The number of carbonyl (C=O) groups is 2. The predicted octanol–water partition coefficient (Wildman–Crippen LogP) is 1.57. The van der Waals surface area contributed by atoms with Gasteiger partial charge in [0.25, 0.3) is 0 Å². The number of rotatable bonds is 3. The van der Waals surface area contributed by atoms with Gasteiger partial charge in [-0.05, 0) is 37.1 Å². The topological polar surface area (TPSA) is 89.9 Å². The van der Waals surface area contributed by atoms with Gasteiger partial charge in [-0.2, -0.15) is 0 Å². The highest BCUT2D eigenvalue weighted by atomic mass is 32.1. The van der Waals surface area contributed by atoms with Crippen molar-refractivity contribution in [3.05, 3.63) is 22.4 Å². The minimum Gasteiger partial charge on any atom is -0.479 e. The molecule has 7 heteroatoms. The lowest BCUT2D eigenvalue weighted by Crippen LogP contribution is -2.53. The van der Waals surface area contributed by atoms with E-state index in [1.165, 1.54) is 11.3 Å². The smallest absolute Gasteiger partial charge is 0.331 e. The van der Waals surface area contributed by atoms with Crippen LogP contribution in [-0.4, -0.2) is 45.3 Å². The molecule has 21 heavy (non-hydrogen) atoms. The Labute approximate surface area is 126 Å². The molecule has 0 aliphatic carbocycles. The number of hydrogen-bond acceptors (Lipinski definition) is 4. The van der Waals surface area contributed by atoms with E-state index in [4.69, 9.17) is 0 Å². The van der Waals surface area contributed by atoms with Crippen LogP contribution in [0.4, 0.5) is 4.79 Å². The van der Waals surface area contributed by atoms with Crippen molar-refractivity contribution in [2.24, 2.45) is 0 Å². The SMILES string of the molecule is O=C(O)C(NC(=O)N1C2CCC1CC(O)C2)c1cccs1. The van der Waals surface area contributed by atoms with Crippen LogP contribution in [0.2, 0.25) is 0 Å². The number of nitrogens with one attached hydrogen (secondary N) is 1. The fourth-order valence-corrected chi connectivity index (χ4v) is 4.16. The monoisotopic (exact) mass is 310 g/mol. The Balaban J connectivity index is 1.72. The summed E-state index contributed by atoms with van der Waals surface area (Å²) in [5.74, 6) is -1.06. The number of thiophene rings is 1. The molecule has 1 aromatic rings. The van der Waals surface area contributed by atoms with Crippen LogP contribution in [0.3, 0.4) is 0 Å². The number of piperidine rings is 1. The van der Waals surface area contributed by atoms with Crippen molar-refractivity contribution in [2.75, 3.05) is 0 Å². The third-order valence-electron chi connectivity index (χ3n) is 4.29. The van der Waals surface area contributed by atoms with Crippen molar-refractivity contribution in [1.82, 2.24) is 10.2 Å². The molecule has 0 saturated carbocycles. The Hall–Kier alpha value is -1.60. The number of hydrogen-bond donors (Lipinski definition) is 3. The molecule has 2 amide bonds. The number of carbonyl (C=O) groups excluding carboxylic acids is 1. The first-order valence-corrected chi connectivity index (χ1v) is 7.97. The van der Waals surface area contributed by atoms with Crippen LogP contribution >= 0.6 is 11.3 Å². The largest absolute Gasteiger partial charge is 0.479 e. The number of carboxylic acid groups (broad SMARTS) is 1. The Morgan fingerprint density at radius 3 is 2.52 bits per heavy atom. The number of amides is 2. The van der Waals surface area contributed by atoms with Crippen molar-refractivity contribution in [2.45, 2.75) is 49.9 Å². The minimum absolute atomic E-state index is 0.0246. The van der Waals surface area contributed by atoms with E-state index in [-0.39, 0.29) is 24.2 Å². The first-order chi connectivity index (χ1) is 10.1. The summed E-state index contributed by atoms with van der Waals surface area (Å²) in [4.78, 5) is 26.2. The van der Waals surface area contributed by atoms with Crippen LogP contribution < -0.4 is 5.32 Å². The molecule has 114 valence electrons. The molecule has 3 N–H and O–H groups in total. The van der Waals surface area contributed by atoms with Crippen molar-refractivity contribution in [3.8, 4) is 0 Å². The lowest BCUT2D eigenvalue weighted by molar-refractivity contribution is -0.139. The number of aliphatic hydroxyl groups excluding tert-OH is 1. The number of nitrogens with zero attached hydrogens (tertiary/aromatic N) is 1. The summed E-state index contributed by atoms with van der Waals surface area (Å²) >= 11 is 1.31. The molecule has 0 radical (unpaired) electrons. The number of fused-ring (bicyclic) bond motifs is 2. The zero-order chi connectivity index (χ0) is 15.0. The summed E-state index contributed by atoms with van der Waals surface area (Å²) in [5, 5.41) is 23.5. The molecule has 6 nitrogen and oxygen atoms in total. The van der Waals surface area contributed by atoms with Crippen LogP contribution in [0, 0.1) is 0 Å². The fraction of sp³-hybridized carbons (Fsp3) is 0.571. The molecule has 2 aliphatic rings. The van der Waals surface area contributed by atoms with Gasteiger partial charge >= 0.3 is 12.0 Å². The molecule has 3 unspecified atom stereocenters. The van der Waals surface area contributed by atoms with Crippen molar-refractivity contribution in [1.29, 1.82) is 0 Å². The standard InChI is InChI=1S/C14H18N2O4S/c17-10-6-8-3-4-9(7-10)16(8)14(20)15-12(13(18)19)11-2-1-5-21-11/h1-2,5,8-10,12,17H,3-4,6-7H2,(H,15,20)(H,18,19). The fourth-order valence-electron chi connectivity index (χ4n) is 3.39. The zero-order valence-electron chi connectivity index (χ0n) is 11.4. The molecule has 0 aromatic carbocycles. The zero-order valence-corrected chi connectivity index (χ0v) is 12.3. The summed E-state index contributed by atoms with van der Waals surface area (Å²) in [6, 6.07) is 2.17. The summed E-state index contributed by atoms with van der Waals surface area (Å²) in [5.41, 5.74) is 0. The third-order valence-corrected chi connectivity index (χ3v) is 5.22. The van der Waals surface area contributed by atoms with E-state index in [0.29, 0.717) is 17.7 Å². The number of urea groups is 1. The molecule has 2 aliphatic heterocycles. The number of aliphatic hydroxyl groups is 1. The van der Waals surface area contributed by atoms with E-state index in [0.717, 1.165) is 12.8 Å². The van der Waals surface area contributed by atoms with E-state index in [1.807, 2.05) is 0 Å². The molecule has 3 heterocycles. The molecule has 3 atom stereocenters. The molecule has 2 bridgehead atoms. The quantitative estimate of drug-likeness (QED) is 0.790. The second-order valence-electron chi connectivity index (χ2n) is 5.65. The van der Waals surface area contributed by atoms with Gasteiger partial charge < -0.3 is 20.4 Å². The van der Waals surface area contributed by atoms with E-state index in [1.54, 1.807) is 22.4 Å². The molecule has 1 aromatic heterocycles. The molecule has 2 saturated heterocycles. The summed E-state index contributed by atoms with van der Waals surface area (Å²) < 4.78 is 0.